The van der Waals surface area contributed by atoms with Gasteiger partial charge in [-0.2, -0.15) is 0 Å². The highest BCUT2D eigenvalue weighted by Crippen LogP contribution is 2.24. The highest BCUT2D eigenvalue weighted by atomic mass is 32.2. The van der Waals surface area contributed by atoms with Crippen LogP contribution in [-0.4, -0.2) is 24.2 Å². The van der Waals surface area contributed by atoms with Crippen LogP contribution >= 0.6 is 0 Å². The lowest BCUT2D eigenvalue weighted by Gasteiger charge is -2.09. The van der Waals surface area contributed by atoms with Crippen molar-refractivity contribution in [2.75, 3.05) is 6.26 Å². The van der Waals surface area contributed by atoms with Gasteiger partial charge in [0.2, 0.25) is 0 Å². The molecule has 0 spiro atoms. The third kappa shape index (κ3) is 3.00. The van der Waals surface area contributed by atoms with E-state index in [2.05, 4.69) is 4.98 Å². The second kappa shape index (κ2) is 5.58. The standard InChI is InChI=1S/C16H12F2N2O2S/c1-23(21,22)13-5-2-11(3-6-13)16-9-19-10-20(16)12-4-7-14(17)15(18)8-12/h2-10H,1H3. The molecule has 0 aliphatic carbocycles. The zero-order valence-electron chi connectivity index (χ0n) is 12.1. The summed E-state index contributed by atoms with van der Waals surface area (Å²) in [5, 5.41) is 0. The molecule has 2 aromatic carbocycles. The first-order valence-corrected chi connectivity index (χ1v) is 8.53. The van der Waals surface area contributed by atoms with Gasteiger partial charge >= 0.3 is 0 Å². The summed E-state index contributed by atoms with van der Waals surface area (Å²) in [6.45, 7) is 0. The Morgan fingerprint density at radius 2 is 1.70 bits per heavy atom. The Morgan fingerprint density at radius 3 is 2.30 bits per heavy atom. The number of sulfone groups is 1. The third-order valence-corrected chi connectivity index (χ3v) is 4.53. The molecule has 0 atom stereocenters. The quantitative estimate of drug-likeness (QED) is 0.739. The second-order valence-electron chi connectivity index (χ2n) is 5.04. The topological polar surface area (TPSA) is 52.0 Å². The minimum absolute atomic E-state index is 0.208. The van der Waals surface area contributed by atoms with Gasteiger partial charge in [0.05, 0.1) is 28.8 Å². The molecule has 0 saturated carbocycles. The van der Waals surface area contributed by atoms with Gasteiger partial charge in [-0.05, 0) is 24.3 Å². The van der Waals surface area contributed by atoms with E-state index in [9.17, 15) is 17.2 Å². The predicted octanol–water partition coefficient (Wildman–Crippen LogP) is 3.22. The van der Waals surface area contributed by atoms with E-state index in [4.69, 9.17) is 0 Å². The van der Waals surface area contributed by atoms with Crippen molar-refractivity contribution in [2.24, 2.45) is 0 Å². The number of aromatic nitrogens is 2. The van der Waals surface area contributed by atoms with E-state index in [-0.39, 0.29) is 4.90 Å². The van der Waals surface area contributed by atoms with Crippen molar-refractivity contribution in [1.82, 2.24) is 9.55 Å². The van der Waals surface area contributed by atoms with Gasteiger partial charge in [0.1, 0.15) is 0 Å². The minimum Gasteiger partial charge on any atom is -0.299 e. The molecule has 1 aromatic heterocycles. The smallest absolute Gasteiger partial charge is 0.175 e. The minimum atomic E-state index is -3.27. The summed E-state index contributed by atoms with van der Waals surface area (Å²) in [5.74, 6) is -1.87. The molecular formula is C16H12F2N2O2S. The molecule has 23 heavy (non-hydrogen) atoms. The van der Waals surface area contributed by atoms with Crippen molar-refractivity contribution in [1.29, 1.82) is 0 Å². The first-order chi connectivity index (χ1) is 10.9. The summed E-state index contributed by atoms with van der Waals surface area (Å²) in [6, 6.07) is 9.83. The van der Waals surface area contributed by atoms with Crippen molar-refractivity contribution >= 4 is 9.84 Å². The molecule has 0 unspecified atom stereocenters. The molecule has 0 aliphatic rings. The molecule has 0 amide bonds. The second-order valence-corrected chi connectivity index (χ2v) is 7.06. The molecule has 0 radical (unpaired) electrons. The average Bonchev–Trinajstić information content (AvgIpc) is 2.99. The Morgan fingerprint density at radius 1 is 1.00 bits per heavy atom. The van der Waals surface area contributed by atoms with Crippen LogP contribution < -0.4 is 0 Å². The molecule has 3 aromatic rings. The first kappa shape index (κ1) is 15.4. The van der Waals surface area contributed by atoms with Crippen LogP contribution in [-0.2, 0) is 9.84 Å². The molecule has 0 aliphatic heterocycles. The van der Waals surface area contributed by atoms with Crippen LogP contribution in [0.3, 0.4) is 0 Å². The molecule has 7 heteroatoms. The number of halogens is 2. The third-order valence-electron chi connectivity index (χ3n) is 3.40. The van der Waals surface area contributed by atoms with Crippen LogP contribution in [0, 0.1) is 11.6 Å². The van der Waals surface area contributed by atoms with E-state index in [0.29, 0.717) is 16.9 Å². The number of hydrogen-bond donors (Lipinski definition) is 0. The van der Waals surface area contributed by atoms with Crippen molar-refractivity contribution in [3.8, 4) is 16.9 Å². The van der Waals surface area contributed by atoms with Crippen LogP contribution in [0.4, 0.5) is 8.78 Å². The van der Waals surface area contributed by atoms with E-state index in [0.717, 1.165) is 18.4 Å². The molecule has 0 saturated heterocycles. The summed E-state index contributed by atoms with van der Waals surface area (Å²) in [4.78, 5) is 4.24. The molecule has 4 nitrogen and oxygen atoms in total. The summed E-state index contributed by atoms with van der Waals surface area (Å²) < 4.78 is 51.1. The highest BCUT2D eigenvalue weighted by Gasteiger charge is 2.11. The molecular weight excluding hydrogens is 322 g/mol. The monoisotopic (exact) mass is 334 g/mol. The largest absolute Gasteiger partial charge is 0.299 e. The Hall–Kier alpha value is -2.54. The number of benzene rings is 2. The Bertz CT molecular complexity index is 964. The number of hydrogen-bond acceptors (Lipinski definition) is 3. The zero-order chi connectivity index (χ0) is 16.6. The van der Waals surface area contributed by atoms with Gasteiger partial charge in [0.15, 0.2) is 21.5 Å². The van der Waals surface area contributed by atoms with Crippen LogP contribution in [0.5, 0.6) is 0 Å². The maximum atomic E-state index is 13.4. The molecule has 0 bridgehead atoms. The Labute approximate surface area is 132 Å². The lowest BCUT2D eigenvalue weighted by atomic mass is 10.1. The normalized spacial score (nSPS) is 11.6. The SMILES string of the molecule is CS(=O)(=O)c1ccc(-c2cncn2-c2ccc(F)c(F)c2)cc1. The lowest BCUT2D eigenvalue weighted by molar-refractivity contribution is 0.508. The zero-order valence-corrected chi connectivity index (χ0v) is 12.9. The number of nitrogens with zero attached hydrogens (tertiary/aromatic N) is 2. The summed E-state index contributed by atoms with van der Waals surface area (Å²) in [7, 11) is -3.27. The molecule has 0 N–H and O–H groups in total. The number of rotatable bonds is 3. The maximum absolute atomic E-state index is 13.4. The lowest BCUT2D eigenvalue weighted by Crippen LogP contribution is -1.99. The van der Waals surface area contributed by atoms with Crippen molar-refractivity contribution < 1.29 is 17.2 Å². The Kier molecular flexibility index (Phi) is 3.73. The van der Waals surface area contributed by atoms with Gasteiger partial charge in [-0.25, -0.2) is 22.2 Å². The van der Waals surface area contributed by atoms with E-state index < -0.39 is 21.5 Å². The Balaban J connectivity index is 2.05. The first-order valence-electron chi connectivity index (χ1n) is 6.64. The molecule has 118 valence electrons. The summed E-state index contributed by atoms with van der Waals surface area (Å²) in [5.41, 5.74) is 1.76. The van der Waals surface area contributed by atoms with Gasteiger partial charge in [-0.15, -0.1) is 0 Å². The van der Waals surface area contributed by atoms with E-state index in [1.54, 1.807) is 22.9 Å². The molecule has 3 rings (SSSR count). The van der Waals surface area contributed by atoms with Crippen molar-refractivity contribution in [2.45, 2.75) is 4.90 Å². The van der Waals surface area contributed by atoms with Crippen molar-refractivity contribution in [3.63, 3.8) is 0 Å². The van der Waals surface area contributed by atoms with Gasteiger partial charge in [-0.1, -0.05) is 12.1 Å². The van der Waals surface area contributed by atoms with Gasteiger partial charge < -0.3 is 0 Å². The fourth-order valence-electron chi connectivity index (χ4n) is 2.22. The van der Waals surface area contributed by atoms with Gasteiger partial charge in [0, 0.05) is 17.9 Å². The van der Waals surface area contributed by atoms with Gasteiger partial charge in [0.25, 0.3) is 0 Å². The van der Waals surface area contributed by atoms with E-state index in [1.807, 2.05) is 0 Å². The molecule has 0 fully saturated rings. The summed E-state index contributed by atoms with van der Waals surface area (Å²) >= 11 is 0. The fourth-order valence-corrected chi connectivity index (χ4v) is 2.85. The predicted molar refractivity (Wildman–Crippen MR) is 82.0 cm³/mol. The maximum Gasteiger partial charge on any atom is 0.175 e. The van der Waals surface area contributed by atoms with E-state index in [1.165, 1.54) is 24.5 Å². The highest BCUT2D eigenvalue weighted by molar-refractivity contribution is 7.90. The van der Waals surface area contributed by atoms with Crippen LogP contribution in [0.2, 0.25) is 0 Å². The van der Waals surface area contributed by atoms with Gasteiger partial charge in [-0.3, -0.25) is 4.57 Å². The van der Waals surface area contributed by atoms with Crippen molar-refractivity contribution in [3.05, 3.63) is 66.6 Å². The average molecular weight is 334 g/mol. The van der Waals surface area contributed by atoms with Crippen LogP contribution in [0.15, 0.2) is 59.9 Å². The van der Waals surface area contributed by atoms with E-state index >= 15 is 0 Å². The van der Waals surface area contributed by atoms with Crippen LogP contribution in [0.1, 0.15) is 0 Å². The number of imidazole rings is 1. The summed E-state index contributed by atoms with van der Waals surface area (Å²) in [6.07, 6.45) is 4.18. The fraction of sp³-hybridized carbons (Fsp3) is 0.0625. The van der Waals surface area contributed by atoms with Crippen LogP contribution in [0.25, 0.3) is 16.9 Å². The molecule has 1 heterocycles.